The fourth-order valence-corrected chi connectivity index (χ4v) is 4.37. The lowest BCUT2D eigenvalue weighted by molar-refractivity contribution is -0.133. The molecule has 3 aliphatic rings. The molecule has 4 rings (SSSR count). The second-order valence-electron chi connectivity index (χ2n) is 7.36. The Morgan fingerprint density at radius 1 is 1.00 bits per heavy atom. The number of imide groups is 1. The van der Waals surface area contributed by atoms with Crippen molar-refractivity contribution < 1.29 is 14.4 Å². The number of nitrogens with two attached hydrogens (primary N) is 1. The summed E-state index contributed by atoms with van der Waals surface area (Å²) in [6.45, 7) is 1.60. The van der Waals surface area contributed by atoms with Crippen LogP contribution in [0.25, 0.3) is 0 Å². The number of amides is 3. The number of likely N-dealkylation sites (tertiary alicyclic amines) is 1. The third kappa shape index (κ3) is 2.78. The molecule has 1 saturated heterocycles. The van der Waals surface area contributed by atoms with Crippen LogP contribution in [0, 0.1) is 5.92 Å². The van der Waals surface area contributed by atoms with Gasteiger partial charge in [-0.05, 0) is 44.4 Å². The number of aromatic nitrogens is 2. The maximum absolute atomic E-state index is 12.5. The van der Waals surface area contributed by atoms with Crippen molar-refractivity contribution in [2.24, 2.45) is 11.7 Å². The van der Waals surface area contributed by atoms with Crippen molar-refractivity contribution in [2.75, 3.05) is 13.1 Å². The Labute approximate surface area is 151 Å². The van der Waals surface area contributed by atoms with E-state index >= 15 is 0 Å². The van der Waals surface area contributed by atoms with Gasteiger partial charge in [-0.3, -0.25) is 19.3 Å². The number of rotatable bonds is 3. The summed E-state index contributed by atoms with van der Waals surface area (Å²) in [5.41, 5.74) is 6.51. The molecule has 1 atom stereocenters. The molecule has 2 fully saturated rings. The van der Waals surface area contributed by atoms with Gasteiger partial charge in [0.2, 0.25) is 5.91 Å². The van der Waals surface area contributed by atoms with E-state index in [2.05, 4.69) is 9.97 Å². The minimum absolute atomic E-state index is 0.0417. The second kappa shape index (κ2) is 6.75. The molecule has 0 bridgehead atoms. The fraction of sp³-hybridized carbons (Fsp3) is 0.611. The van der Waals surface area contributed by atoms with Gasteiger partial charge in [-0.1, -0.05) is 0 Å². The van der Waals surface area contributed by atoms with E-state index in [0.29, 0.717) is 12.8 Å². The minimum atomic E-state index is -0.487. The van der Waals surface area contributed by atoms with Crippen molar-refractivity contribution >= 4 is 17.7 Å². The molecule has 26 heavy (non-hydrogen) atoms. The average Bonchev–Trinajstić information content (AvgIpc) is 3.29. The minimum Gasteiger partial charge on any atom is -0.341 e. The topological polar surface area (TPSA) is 109 Å². The maximum Gasteiger partial charge on any atom is 0.282 e. The van der Waals surface area contributed by atoms with Crippen molar-refractivity contribution in [3.05, 3.63) is 23.8 Å². The molecule has 2 N–H and O–H groups in total. The highest BCUT2D eigenvalue weighted by molar-refractivity contribution is 6.19. The summed E-state index contributed by atoms with van der Waals surface area (Å²) < 4.78 is 0. The predicted octanol–water partition coefficient (Wildman–Crippen LogP) is 0.581. The molecular formula is C18H23N5O3. The van der Waals surface area contributed by atoms with Gasteiger partial charge in [0.05, 0.1) is 6.04 Å². The third-order valence-corrected chi connectivity index (χ3v) is 5.86. The van der Waals surface area contributed by atoms with Gasteiger partial charge in [-0.2, -0.15) is 0 Å². The highest BCUT2D eigenvalue weighted by Crippen LogP contribution is 2.33. The number of hydrogen-bond donors (Lipinski definition) is 1. The summed E-state index contributed by atoms with van der Waals surface area (Å²) in [6.07, 6.45) is 7.74. The summed E-state index contributed by atoms with van der Waals surface area (Å²) in [6, 6.07) is -0.657. The molecule has 2 aliphatic heterocycles. The smallest absolute Gasteiger partial charge is 0.282 e. The molecule has 0 unspecified atom stereocenters. The van der Waals surface area contributed by atoms with E-state index in [1.54, 1.807) is 0 Å². The summed E-state index contributed by atoms with van der Waals surface area (Å²) in [5, 5.41) is 0. The van der Waals surface area contributed by atoms with Crippen LogP contribution in [-0.2, 0) is 4.79 Å². The standard InChI is InChI=1S/C18H23N5O3/c19-13(16(24)22-9-1-2-10-22)11-3-5-12(6-4-11)23-17(25)14-15(18(23)26)21-8-7-20-14/h7-8,11-13H,1-6,9-10,19H2/t11?,12?,13-/m0/s1. The maximum atomic E-state index is 12.5. The van der Waals surface area contributed by atoms with Gasteiger partial charge < -0.3 is 10.6 Å². The number of nitrogens with zero attached hydrogens (tertiary/aromatic N) is 4. The summed E-state index contributed by atoms with van der Waals surface area (Å²) in [5.74, 6) is -0.580. The normalized spacial score (nSPS) is 27.0. The van der Waals surface area contributed by atoms with E-state index in [1.165, 1.54) is 17.3 Å². The molecule has 1 aliphatic carbocycles. The zero-order chi connectivity index (χ0) is 18.3. The van der Waals surface area contributed by atoms with Crippen LogP contribution in [0.2, 0.25) is 0 Å². The molecule has 1 aromatic rings. The number of fused-ring (bicyclic) bond motifs is 1. The first kappa shape index (κ1) is 17.1. The zero-order valence-corrected chi connectivity index (χ0v) is 14.6. The summed E-state index contributed by atoms with van der Waals surface area (Å²) >= 11 is 0. The third-order valence-electron chi connectivity index (χ3n) is 5.86. The van der Waals surface area contributed by atoms with Crippen LogP contribution < -0.4 is 5.73 Å². The lowest BCUT2D eigenvalue weighted by Crippen LogP contribution is -2.49. The Morgan fingerprint density at radius 3 is 2.08 bits per heavy atom. The lowest BCUT2D eigenvalue weighted by atomic mass is 9.81. The van der Waals surface area contributed by atoms with Crippen molar-refractivity contribution in [1.82, 2.24) is 19.8 Å². The van der Waals surface area contributed by atoms with E-state index in [-0.39, 0.29) is 41.1 Å². The molecule has 3 heterocycles. The monoisotopic (exact) mass is 357 g/mol. The number of carbonyl (C=O) groups is 3. The van der Waals surface area contributed by atoms with Gasteiger partial charge in [0.25, 0.3) is 11.8 Å². The SMILES string of the molecule is N[C@H](C(=O)N1CCCC1)C1CCC(N2C(=O)c3nccnc3C2=O)CC1. The Kier molecular flexibility index (Phi) is 4.44. The van der Waals surface area contributed by atoms with Crippen LogP contribution in [0.3, 0.4) is 0 Å². The van der Waals surface area contributed by atoms with Crippen molar-refractivity contribution in [3.63, 3.8) is 0 Å². The Morgan fingerprint density at radius 2 is 1.54 bits per heavy atom. The first-order valence-electron chi connectivity index (χ1n) is 9.31. The molecular weight excluding hydrogens is 334 g/mol. The molecule has 0 radical (unpaired) electrons. The Bertz CT molecular complexity index is 703. The highest BCUT2D eigenvalue weighted by Gasteiger charge is 2.44. The molecule has 8 nitrogen and oxygen atoms in total. The van der Waals surface area contributed by atoms with E-state index in [0.717, 1.165) is 38.8 Å². The zero-order valence-electron chi connectivity index (χ0n) is 14.6. The van der Waals surface area contributed by atoms with Crippen molar-refractivity contribution in [2.45, 2.75) is 50.6 Å². The molecule has 1 aromatic heterocycles. The fourth-order valence-electron chi connectivity index (χ4n) is 4.37. The van der Waals surface area contributed by atoms with Crippen LogP contribution in [0.15, 0.2) is 12.4 Å². The Balaban J connectivity index is 1.39. The average molecular weight is 357 g/mol. The molecule has 0 aromatic carbocycles. The first-order chi connectivity index (χ1) is 12.6. The Hall–Kier alpha value is -2.35. The van der Waals surface area contributed by atoms with E-state index in [4.69, 9.17) is 5.73 Å². The van der Waals surface area contributed by atoms with Crippen LogP contribution in [-0.4, -0.2) is 62.7 Å². The van der Waals surface area contributed by atoms with Crippen molar-refractivity contribution in [3.8, 4) is 0 Å². The van der Waals surface area contributed by atoms with E-state index < -0.39 is 6.04 Å². The molecule has 1 saturated carbocycles. The van der Waals surface area contributed by atoms with Gasteiger partial charge in [-0.25, -0.2) is 9.97 Å². The highest BCUT2D eigenvalue weighted by atomic mass is 16.2. The molecule has 138 valence electrons. The number of hydrogen-bond acceptors (Lipinski definition) is 6. The van der Waals surface area contributed by atoms with E-state index in [1.807, 2.05) is 4.90 Å². The van der Waals surface area contributed by atoms with Crippen LogP contribution in [0.4, 0.5) is 0 Å². The van der Waals surface area contributed by atoms with Crippen molar-refractivity contribution in [1.29, 1.82) is 0 Å². The summed E-state index contributed by atoms with van der Waals surface area (Å²) in [4.78, 5) is 48.7. The van der Waals surface area contributed by atoms with Gasteiger partial charge in [0.1, 0.15) is 0 Å². The van der Waals surface area contributed by atoms with Gasteiger partial charge >= 0.3 is 0 Å². The van der Waals surface area contributed by atoms with Crippen LogP contribution in [0.5, 0.6) is 0 Å². The summed E-state index contributed by atoms with van der Waals surface area (Å²) in [7, 11) is 0. The number of carbonyl (C=O) groups excluding carboxylic acids is 3. The predicted molar refractivity (Wildman–Crippen MR) is 92.1 cm³/mol. The molecule has 8 heteroatoms. The van der Waals surface area contributed by atoms with Crippen LogP contribution >= 0.6 is 0 Å². The quantitative estimate of drug-likeness (QED) is 0.793. The van der Waals surface area contributed by atoms with E-state index in [9.17, 15) is 14.4 Å². The molecule has 3 amide bonds. The largest absolute Gasteiger partial charge is 0.341 e. The lowest BCUT2D eigenvalue weighted by Gasteiger charge is -2.36. The first-order valence-corrected chi connectivity index (χ1v) is 9.31. The van der Waals surface area contributed by atoms with Gasteiger partial charge in [-0.15, -0.1) is 0 Å². The second-order valence-corrected chi connectivity index (χ2v) is 7.36. The molecule has 0 spiro atoms. The van der Waals surface area contributed by atoms with Gasteiger partial charge in [0.15, 0.2) is 11.4 Å². The van der Waals surface area contributed by atoms with Crippen LogP contribution in [0.1, 0.15) is 59.5 Å². The van der Waals surface area contributed by atoms with Gasteiger partial charge in [0, 0.05) is 31.5 Å².